The monoisotopic (exact) mass is 275 g/mol. The van der Waals surface area contributed by atoms with Crippen molar-refractivity contribution in [3.63, 3.8) is 0 Å². The molecule has 0 bridgehead atoms. The van der Waals surface area contributed by atoms with Crippen LogP contribution in [0.25, 0.3) is 0 Å². The minimum absolute atomic E-state index is 0.0496. The molecule has 4 nitrogen and oxygen atoms in total. The average Bonchev–Trinajstić information content (AvgIpc) is 2.52. The molecule has 2 unspecified atom stereocenters. The van der Waals surface area contributed by atoms with Crippen molar-refractivity contribution in [3.8, 4) is 6.07 Å². The summed E-state index contributed by atoms with van der Waals surface area (Å²) in [5.74, 6) is -1.31. The molecule has 1 fully saturated rings. The molecule has 1 aromatic carbocycles. The summed E-state index contributed by atoms with van der Waals surface area (Å²) in [7, 11) is 0. The molecule has 1 amide bonds. The smallest absolute Gasteiger partial charge is 0.237 e. The number of nitrogens with one attached hydrogen (secondary N) is 1. The lowest BCUT2D eigenvalue weighted by atomic mass is 9.99. The zero-order valence-electron chi connectivity index (χ0n) is 11.0. The molecule has 1 heterocycles. The minimum atomic E-state index is -0.679. The average molecular weight is 276 g/mol. The maximum absolute atomic E-state index is 12.3. The molecule has 0 aliphatic carbocycles. The van der Waals surface area contributed by atoms with Gasteiger partial charge in [0.1, 0.15) is 11.8 Å². The summed E-state index contributed by atoms with van der Waals surface area (Å²) in [5, 5.41) is 17.7. The summed E-state index contributed by atoms with van der Waals surface area (Å²) in [4.78, 5) is 13.6. The Bertz CT molecular complexity index is 595. The summed E-state index contributed by atoms with van der Waals surface area (Å²) < 4.78 is 0. The Balaban J connectivity index is 2.58. The summed E-state index contributed by atoms with van der Waals surface area (Å²) in [6.07, 6.45) is 0. The van der Waals surface area contributed by atoms with Crippen molar-refractivity contribution in [1.29, 1.82) is 10.7 Å². The number of hydrogen-bond acceptors (Lipinski definition) is 3. The van der Waals surface area contributed by atoms with E-state index in [1.807, 2.05) is 19.9 Å². The largest absolute Gasteiger partial charge is 0.287 e. The zero-order chi connectivity index (χ0) is 14.3. The highest BCUT2D eigenvalue weighted by Crippen LogP contribution is 2.35. The molecule has 1 N–H and O–H groups in total. The second kappa shape index (κ2) is 4.67. The first-order valence-electron chi connectivity index (χ1n) is 5.97. The van der Waals surface area contributed by atoms with E-state index in [-0.39, 0.29) is 11.7 Å². The van der Waals surface area contributed by atoms with Crippen molar-refractivity contribution in [2.24, 2.45) is 11.8 Å². The number of amides is 1. The van der Waals surface area contributed by atoms with E-state index in [4.69, 9.17) is 22.3 Å². The number of anilines is 1. The molecule has 2 rings (SSSR count). The number of carbonyl (C=O) groups excluding carboxylic acids is 1. The van der Waals surface area contributed by atoms with Crippen molar-refractivity contribution < 1.29 is 4.79 Å². The van der Waals surface area contributed by atoms with E-state index in [1.54, 1.807) is 19.1 Å². The zero-order valence-corrected chi connectivity index (χ0v) is 11.7. The van der Waals surface area contributed by atoms with Gasteiger partial charge in [0.05, 0.1) is 17.7 Å². The molecule has 0 spiro atoms. The van der Waals surface area contributed by atoms with E-state index >= 15 is 0 Å². The maximum Gasteiger partial charge on any atom is 0.237 e. The van der Waals surface area contributed by atoms with Gasteiger partial charge in [-0.3, -0.25) is 15.1 Å². The Labute approximate surface area is 117 Å². The van der Waals surface area contributed by atoms with Gasteiger partial charge in [0, 0.05) is 5.02 Å². The van der Waals surface area contributed by atoms with E-state index < -0.39 is 11.8 Å². The van der Waals surface area contributed by atoms with Gasteiger partial charge in [0.15, 0.2) is 0 Å². The number of benzene rings is 1. The van der Waals surface area contributed by atoms with Crippen LogP contribution >= 0.6 is 11.6 Å². The second-order valence-corrected chi connectivity index (χ2v) is 5.28. The Kier molecular flexibility index (Phi) is 3.34. The first-order chi connectivity index (χ1) is 8.88. The quantitative estimate of drug-likeness (QED) is 0.856. The van der Waals surface area contributed by atoms with Crippen molar-refractivity contribution in [2.45, 2.75) is 20.8 Å². The molecule has 98 valence electrons. The summed E-state index contributed by atoms with van der Waals surface area (Å²) >= 11 is 5.98. The van der Waals surface area contributed by atoms with E-state index in [1.165, 1.54) is 4.90 Å². The lowest BCUT2D eigenvalue weighted by Gasteiger charge is -2.21. The van der Waals surface area contributed by atoms with Gasteiger partial charge < -0.3 is 0 Å². The van der Waals surface area contributed by atoms with Crippen LogP contribution in [0.3, 0.4) is 0 Å². The fourth-order valence-corrected chi connectivity index (χ4v) is 2.83. The molecule has 1 saturated heterocycles. The molecular formula is C14H14ClN3O. The molecule has 1 aliphatic rings. The SMILES string of the molecule is Cc1cc(Cl)cc(C)c1N1C(=N)C(C#N)C(C)C1=O. The number of nitrogens with zero attached hydrogens (tertiary/aromatic N) is 2. The van der Waals surface area contributed by atoms with Crippen molar-refractivity contribution in [3.05, 3.63) is 28.3 Å². The predicted molar refractivity (Wildman–Crippen MR) is 74.4 cm³/mol. The fourth-order valence-electron chi connectivity index (χ4n) is 2.50. The van der Waals surface area contributed by atoms with Crippen LogP contribution in [0.15, 0.2) is 12.1 Å². The second-order valence-electron chi connectivity index (χ2n) is 4.84. The van der Waals surface area contributed by atoms with Crippen LogP contribution in [0.1, 0.15) is 18.1 Å². The number of amidine groups is 1. The Morgan fingerprint density at radius 1 is 1.37 bits per heavy atom. The molecule has 2 atom stereocenters. The topological polar surface area (TPSA) is 68.0 Å². The lowest BCUT2D eigenvalue weighted by Crippen LogP contribution is -2.31. The minimum Gasteiger partial charge on any atom is -0.287 e. The fraction of sp³-hybridized carbons (Fsp3) is 0.357. The number of carbonyl (C=O) groups is 1. The summed E-state index contributed by atoms with van der Waals surface area (Å²) in [6, 6.07) is 5.55. The highest BCUT2D eigenvalue weighted by Gasteiger charge is 2.44. The molecular weight excluding hydrogens is 262 g/mol. The first kappa shape index (κ1) is 13.6. The third-order valence-corrected chi connectivity index (χ3v) is 3.68. The third kappa shape index (κ3) is 2.00. The van der Waals surface area contributed by atoms with Crippen molar-refractivity contribution >= 4 is 29.0 Å². The first-order valence-corrected chi connectivity index (χ1v) is 6.35. The van der Waals surface area contributed by atoms with Crippen LogP contribution in [0.4, 0.5) is 5.69 Å². The Morgan fingerprint density at radius 3 is 2.32 bits per heavy atom. The van der Waals surface area contributed by atoms with E-state index in [9.17, 15) is 4.79 Å². The molecule has 0 aromatic heterocycles. The molecule has 19 heavy (non-hydrogen) atoms. The highest BCUT2D eigenvalue weighted by atomic mass is 35.5. The third-order valence-electron chi connectivity index (χ3n) is 3.46. The van der Waals surface area contributed by atoms with Crippen molar-refractivity contribution in [2.75, 3.05) is 4.90 Å². The molecule has 5 heteroatoms. The molecule has 1 aliphatic heterocycles. The predicted octanol–water partition coefficient (Wildman–Crippen LogP) is 3.06. The highest BCUT2D eigenvalue weighted by molar-refractivity contribution is 6.31. The number of rotatable bonds is 1. The van der Waals surface area contributed by atoms with Crippen LogP contribution < -0.4 is 4.90 Å². The van der Waals surface area contributed by atoms with Gasteiger partial charge in [-0.2, -0.15) is 5.26 Å². The maximum atomic E-state index is 12.3. The summed E-state index contributed by atoms with van der Waals surface area (Å²) in [6.45, 7) is 5.38. The van der Waals surface area contributed by atoms with Gasteiger partial charge in [0.2, 0.25) is 5.91 Å². The van der Waals surface area contributed by atoms with Crippen LogP contribution in [0.2, 0.25) is 5.02 Å². The molecule has 0 radical (unpaired) electrons. The van der Waals surface area contributed by atoms with E-state index in [2.05, 4.69) is 0 Å². The number of nitriles is 1. The summed E-state index contributed by atoms with van der Waals surface area (Å²) in [5.41, 5.74) is 2.33. The van der Waals surface area contributed by atoms with E-state index in [0.29, 0.717) is 10.7 Å². The number of aryl methyl sites for hydroxylation is 2. The Hall–Kier alpha value is -1.86. The van der Waals surface area contributed by atoms with Gasteiger partial charge in [-0.05, 0) is 37.1 Å². The van der Waals surface area contributed by atoms with Gasteiger partial charge in [-0.15, -0.1) is 0 Å². The Morgan fingerprint density at radius 2 is 1.89 bits per heavy atom. The van der Waals surface area contributed by atoms with Crippen LogP contribution in [-0.4, -0.2) is 11.7 Å². The van der Waals surface area contributed by atoms with Gasteiger partial charge in [-0.1, -0.05) is 18.5 Å². The number of hydrogen-bond donors (Lipinski definition) is 1. The molecule has 1 aromatic rings. The van der Waals surface area contributed by atoms with Crippen molar-refractivity contribution in [1.82, 2.24) is 0 Å². The van der Waals surface area contributed by atoms with Gasteiger partial charge >= 0.3 is 0 Å². The van der Waals surface area contributed by atoms with Crippen LogP contribution in [0.5, 0.6) is 0 Å². The van der Waals surface area contributed by atoms with Crippen LogP contribution in [0, 0.1) is 42.4 Å². The van der Waals surface area contributed by atoms with E-state index in [0.717, 1.165) is 11.1 Å². The lowest BCUT2D eigenvalue weighted by molar-refractivity contribution is -0.120. The normalized spacial score (nSPS) is 22.8. The van der Waals surface area contributed by atoms with Gasteiger partial charge in [-0.25, -0.2) is 0 Å². The number of halogens is 1. The molecule has 0 saturated carbocycles. The van der Waals surface area contributed by atoms with Crippen LogP contribution in [-0.2, 0) is 4.79 Å². The standard InChI is InChI=1S/C14H14ClN3O/c1-7-4-10(15)5-8(2)12(7)18-13(17)11(6-16)9(3)14(18)19/h4-5,9,11,17H,1-3H3. The van der Waals surface area contributed by atoms with Gasteiger partial charge in [0.25, 0.3) is 0 Å².